The van der Waals surface area contributed by atoms with Crippen LogP contribution in [-0.2, 0) is 9.53 Å². The van der Waals surface area contributed by atoms with Crippen LogP contribution < -0.4 is 5.32 Å². The predicted molar refractivity (Wildman–Crippen MR) is 58.2 cm³/mol. The molecule has 2 heterocycles. The fraction of sp³-hybridized carbons (Fsp3) is 0.875. The molecule has 0 radical (unpaired) electrons. The SMILES string of the molecule is CO[C@]12CNC[C@@H]1CN(C=O)C2.Cl.Cl. The molecule has 14 heavy (non-hydrogen) atoms. The third kappa shape index (κ3) is 1.98. The van der Waals surface area contributed by atoms with E-state index in [0.29, 0.717) is 5.92 Å². The zero-order valence-electron chi connectivity index (χ0n) is 8.06. The Hall–Kier alpha value is -0.0300. The molecule has 0 aromatic carbocycles. The van der Waals surface area contributed by atoms with Crippen molar-refractivity contribution in [3.8, 4) is 0 Å². The van der Waals surface area contributed by atoms with Crippen molar-refractivity contribution < 1.29 is 9.53 Å². The molecule has 0 aromatic heterocycles. The molecule has 84 valence electrons. The van der Waals surface area contributed by atoms with Crippen LogP contribution >= 0.6 is 24.8 Å². The lowest BCUT2D eigenvalue weighted by Gasteiger charge is -2.25. The first kappa shape index (κ1) is 14.0. The van der Waals surface area contributed by atoms with E-state index in [1.54, 1.807) is 12.0 Å². The van der Waals surface area contributed by atoms with E-state index < -0.39 is 0 Å². The van der Waals surface area contributed by atoms with Gasteiger partial charge in [-0.2, -0.15) is 0 Å². The van der Waals surface area contributed by atoms with Crippen molar-refractivity contribution in [1.29, 1.82) is 0 Å². The minimum atomic E-state index is -0.0963. The molecule has 2 rings (SSSR count). The lowest BCUT2D eigenvalue weighted by Crippen LogP contribution is -2.41. The largest absolute Gasteiger partial charge is 0.375 e. The van der Waals surface area contributed by atoms with Crippen molar-refractivity contribution in [3.05, 3.63) is 0 Å². The van der Waals surface area contributed by atoms with Gasteiger partial charge in [-0.1, -0.05) is 0 Å². The van der Waals surface area contributed by atoms with E-state index in [1.807, 2.05) is 0 Å². The van der Waals surface area contributed by atoms with Crippen molar-refractivity contribution in [2.75, 3.05) is 33.3 Å². The number of fused-ring (bicyclic) bond motifs is 1. The minimum Gasteiger partial charge on any atom is -0.375 e. The van der Waals surface area contributed by atoms with Crippen LogP contribution in [0.4, 0.5) is 0 Å². The summed E-state index contributed by atoms with van der Waals surface area (Å²) in [4.78, 5) is 12.3. The summed E-state index contributed by atoms with van der Waals surface area (Å²) in [5.74, 6) is 0.479. The molecule has 0 aromatic rings. The molecule has 0 unspecified atom stereocenters. The summed E-state index contributed by atoms with van der Waals surface area (Å²) in [6, 6.07) is 0. The molecule has 6 heteroatoms. The number of nitrogens with zero attached hydrogens (tertiary/aromatic N) is 1. The number of likely N-dealkylation sites (tertiary alicyclic amines) is 1. The second kappa shape index (κ2) is 5.16. The Balaban J connectivity index is 0.000000845. The number of hydrogen-bond donors (Lipinski definition) is 1. The first-order valence-corrected chi connectivity index (χ1v) is 4.26. The Bertz CT molecular complexity index is 206. The van der Waals surface area contributed by atoms with E-state index in [2.05, 4.69) is 5.32 Å². The number of rotatable bonds is 2. The Morgan fingerprint density at radius 2 is 2.29 bits per heavy atom. The first-order valence-electron chi connectivity index (χ1n) is 4.26. The normalized spacial score (nSPS) is 34.4. The number of halogens is 2. The van der Waals surface area contributed by atoms with Gasteiger partial charge < -0.3 is 15.0 Å². The fourth-order valence-corrected chi connectivity index (χ4v) is 2.28. The van der Waals surface area contributed by atoms with Gasteiger partial charge in [0.2, 0.25) is 6.41 Å². The van der Waals surface area contributed by atoms with Crippen LogP contribution in [0.1, 0.15) is 0 Å². The molecule has 0 bridgehead atoms. The third-order valence-electron chi connectivity index (χ3n) is 3.04. The van der Waals surface area contributed by atoms with Gasteiger partial charge in [-0.25, -0.2) is 0 Å². The summed E-state index contributed by atoms with van der Waals surface area (Å²) >= 11 is 0. The number of amides is 1. The average molecular weight is 243 g/mol. The number of carbonyl (C=O) groups is 1. The maximum Gasteiger partial charge on any atom is 0.209 e. The number of methoxy groups -OCH3 is 1. The van der Waals surface area contributed by atoms with Gasteiger partial charge in [0.1, 0.15) is 5.60 Å². The maximum absolute atomic E-state index is 10.5. The molecule has 4 nitrogen and oxygen atoms in total. The Labute approximate surface area is 96.2 Å². The summed E-state index contributed by atoms with van der Waals surface area (Å²) in [5, 5.41) is 3.29. The lowest BCUT2D eigenvalue weighted by molar-refractivity contribution is -0.118. The van der Waals surface area contributed by atoms with Crippen molar-refractivity contribution in [2.45, 2.75) is 5.60 Å². The van der Waals surface area contributed by atoms with E-state index in [0.717, 1.165) is 32.6 Å². The highest BCUT2D eigenvalue weighted by molar-refractivity contribution is 5.85. The van der Waals surface area contributed by atoms with Crippen LogP contribution in [0.3, 0.4) is 0 Å². The van der Waals surface area contributed by atoms with Crippen LogP contribution in [-0.4, -0.2) is 50.2 Å². The Morgan fingerprint density at radius 1 is 1.57 bits per heavy atom. The molecular formula is C8H16Cl2N2O2. The molecular weight excluding hydrogens is 227 g/mol. The van der Waals surface area contributed by atoms with Gasteiger partial charge in [0.15, 0.2) is 0 Å². The molecule has 2 saturated heterocycles. The summed E-state index contributed by atoms with van der Waals surface area (Å²) in [6.45, 7) is 3.42. The first-order chi connectivity index (χ1) is 5.80. The molecule has 1 amide bonds. The third-order valence-corrected chi connectivity index (χ3v) is 3.04. The van der Waals surface area contributed by atoms with E-state index in [9.17, 15) is 4.79 Å². The lowest BCUT2D eigenvalue weighted by atomic mass is 9.95. The zero-order chi connectivity index (χ0) is 8.60. The van der Waals surface area contributed by atoms with Gasteiger partial charge >= 0.3 is 0 Å². The summed E-state index contributed by atoms with van der Waals surface area (Å²) < 4.78 is 5.49. The van der Waals surface area contributed by atoms with Crippen molar-refractivity contribution in [3.63, 3.8) is 0 Å². The highest BCUT2D eigenvalue weighted by atomic mass is 35.5. The number of carbonyl (C=O) groups excluding carboxylic acids is 1. The van der Waals surface area contributed by atoms with Crippen molar-refractivity contribution in [1.82, 2.24) is 10.2 Å². The average Bonchev–Trinajstić information content (AvgIpc) is 2.58. The number of hydrogen-bond acceptors (Lipinski definition) is 3. The van der Waals surface area contributed by atoms with Gasteiger partial charge in [0.25, 0.3) is 0 Å². The van der Waals surface area contributed by atoms with Crippen molar-refractivity contribution in [2.24, 2.45) is 5.92 Å². The highest BCUT2D eigenvalue weighted by Gasteiger charge is 2.49. The van der Waals surface area contributed by atoms with E-state index in [4.69, 9.17) is 4.74 Å². The van der Waals surface area contributed by atoms with E-state index >= 15 is 0 Å². The van der Waals surface area contributed by atoms with Crippen LogP contribution in [0, 0.1) is 5.92 Å². The van der Waals surface area contributed by atoms with Gasteiger partial charge in [-0.3, -0.25) is 4.79 Å². The molecule has 0 saturated carbocycles. The smallest absolute Gasteiger partial charge is 0.209 e. The Morgan fingerprint density at radius 3 is 2.79 bits per heavy atom. The molecule has 2 fully saturated rings. The summed E-state index contributed by atoms with van der Waals surface area (Å²) in [6.07, 6.45) is 0.916. The zero-order valence-corrected chi connectivity index (χ0v) is 9.70. The monoisotopic (exact) mass is 242 g/mol. The van der Waals surface area contributed by atoms with Crippen LogP contribution in [0.25, 0.3) is 0 Å². The standard InChI is InChI=1S/C8H14N2O2.2ClH/c1-12-8-4-9-2-7(8)3-10(5-8)6-11;;/h6-7,9H,2-5H2,1H3;2*1H/t7-,8+;;/m1../s1. The molecule has 0 aliphatic carbocycles. The van der Waals surface area contributed by atoms with E-state index in [-0.39, 0.29) is 30.4 Å². The van der Waals surface area contributed by atoms with Crippen LogP contribution in [0.15, 0.2) is 0 Å². The summed E-state index contributed by atoms with van der Waals surface area (Å²) in [7, 11) is 1.73. The number of nitrogens with one attached hydrogen (secondary N) is 1. The van der Waals surface area contributed by atoms with Gasteiger partial charge in [0.05, 0.1) is 6.54 Å². The molecule has 0 spiro atoms. The second-order valence-corrected chi connectivity index (χ2v) is 3.63. The van der Waals surface area contributed by atoms with Gasteiger partial charge in [-0.15, -0.1) is 24.8 Å². The fourth-order valence-electron chi connectivity index (χ4n) is 2.28. The van der Waals surface area contributed by atoms with Crippen molar-refractivity contribution >= 4 is 31.2 Å². The topological polar surface area (TPSA) is 41.6 Å². The highest BCUT2D eigenvalue weighted by Crippen LogP contribution is 2.32. The van der Waals surface area contributed by atoms with Gasteiger partial charge in [0, 0.05) is 32.7 Å². The molecule has 2 atom stereocenters. The maximum atomic E-state index is 10.5. The molecule has 2 aliphatic heterocycles. The predicted octanol–water partition coefficient (Wildman–Crippen LogP) is -0.0934. The van der Waals surface area contributed by atoms with E-state index in [1.165, 1.54) is 0 Å². The van der Waals surface area contributed by atoms with Crippen LogP contribution in [0.5, 0.6) is 0 Å². The van der Waals surface area contributed by atoms with Crippen LogP contribution in [0.2, 0.25) is 0 Å². The quantitative estimate of drug-likeness (QED) is 0.689. The number of ether oxygens (including phenoxy) is 1. The molecule has 2 aliphatic rings. The Kier molecular flexibility index (Phi) is 5.15. The second-order valence-electron chi connectivity index (χ2n) is 3.63. The van der Waals surface area contributed by atoms with Gasteiger partial charge in [-0.05, 0) is 0 Å². The minimum absolute atomic E-state index is 0. The summed E-state index contributed by atoms with van der Waals surface area (Å²) in [5.41, 5.74) is -0.0963. The molecule has 1 N–H and O–H groups in total.